The van der Waals surface area contributed by atoms with Gasteiger partial charge in [0.1, 0.15) is 0 Å². The SMILES string of the molecule is CCC(CC1CCCN(S(C)(=O)=O)C1)C(C)Cl. The van der Waals surface area contributed by atoms with E-state index in [2.05, 4.69) is 6.92 Å². The van der Waals surface area contributed by atoms with Crippen LogP contribution in [0.3, 0.4) is 0 Å². The van der Waals surface area contributed by atoms with Crippen LogP contribution in [-0.4, -0.2) is 37.4 Å². The van der Waals surface area contributed by atoms with Gasteiger partial charge in [-0.15, -0.1) is 11.6 Å². The number of sulfonamides is 1. The maximum atomic E-state index is 11.5. The van der Waals surface area contributed by atoms with E-state index in [0.717, 1.165) is 25.7 Å². The molecule has 1 aliphatic rings. The van der Waals surface area contributed by atoms with Crippen LogP contribution < -0.4 is 0 Å². The first-order valence-electron chi connectivity index (χ1n) is 6.43. The molecule has 102 valence electrons. The number of rotatable bonds is 5. The molecule has 0 aromatic carbocycles. The van der Waals surface area contributed by atoms with Crippen molar-refractivity contribution in [2.45, 2.75) is 44.9 Å². The molecule has 3 unspecified atom stereocenters. The van der Waals surface area contributed by atoms with Crippen molar-refractivity contribution in [3.63, 3.8) is 0 Å². The fraction of sp³-hybridized carbons (Fsp3) is 1.00. The molecule has 0 amide bonds. The number of piperidine rings is 1. The first-order valence-corrected chi connectivity index (χ1v) is 8.72. The lowest BCUT2D eigenvalue weighted by Gasteiger charge is -2.33. The van der Waals surface area contributed by atoms with E-state index in [9.17, 15) is 8.42 Å². The highest BCUT2D eigenvalue weighted by molar-refractivity contribution is 7.88. The predicted molar refractivity (Wildman–Crippen MR) is 72.9 cm³/mol. The average Bonchev–Trinajstić information content (AvgIpc) is 2.24. The molecular weight excluding hydrogens is 258 g/mol. The van der Waals surface area contributed by atoms with Gasteiger partial charge in [0.05, 0.1) is 6.26 Å². The third-order valence-electron chi connectivity index (χ3n) is 3.76. The summed E-state index contributed by atoms with van der Waals surface area (Å²) in [5.74, 6) is 0.978. The summed E-state index contributed by atoms with van der Waals surface area (Å²) in [6.45, 7) is 5.55. The summed E-state index contributed by atoms with van der Waals surface area (Å²) in [6.07, 6.45) is 5.53. The minimum Gasteiger partial charge on any atom is -0.213 e. The van der Waals surface area contributed by atoms with E-state index in [1.54, 1.807) is 4.31 Å². The van der Waals surface area contributed by atoms with Crippen molar-refractivity contribution >= 4 is 21.6 Å². The highest BCUT2D eigenvalue weighted by Crippen LogP contribution is 2.29. The van der Waals surface area contributed by atoms with Crippen LogP contribution in [0, 0.1) is 11.8 Å². The first kappa shape index (κ1) is 15.3. The Morgan fingerprint density at radius 2 is 2.12 bits per heavy atom. The van der Waals surface area contributed by atoms with E-state index in [1.807, 2.05) is 6.92 Å². The summed E-state index contributed by atoms with van der Waals surface area (Å²) >= 11 is 6.16. The van der Waals surface area contributed by atoms with Gasteiger partial charge < -0.3 is 0 Å². The number of nitrogens with zero attached hydrogens (tertiary/aromatic N) is 1. The fourth-order valence-corrected chi connectivity index (χ4v) is 3.85. The van der Waals surface area contributed by atoms with Crippen LogP contribution in [0.1, 0.15) is 39.5 Å². The minimum atomic E-state index is -3.02. The van der Waals surface area contributed by atoms with E-state index in [-0.39, 0.29) is 5.38 Å². The zero-order valence-corrected chi connectivity index (χ0v) is 12.6. The zero-order chi connectivity index (χ0) is 13.1. The molecule has 17 heavy (non-hydrogen) atoms. The Bertz CT molecular complexity index is 329. The van der Waals surface area contributed by atoms with Gasteiger partial charge >= 0.3 is 0 Å². The van der Waals surface area contributed by atoms with Crippen molar-refractivity contribution in [3.05, 3.63) is 0 Å². The highest BCUT2D eigenvalue weighted by atomic mass is 35.5. The Labute approximate surface area is 111 Å². The van der Waals surface area contributed by atoms with Gasteiger partial charge in [-0.1, -0.05) is 13.3 Å². The second kappa shape index (κ2) is 6.39. The third kappa shape index (κ3) is 4.76. The molecule has 1 fully saturated rings. The molecule has 1 heterocycles. The zero-order valence-electron chi connectivity index (χ0n) is 11.0. The highest BCUT2D eigenvalue weighted by Gasteiger charge is 2.28. The molecule has 1 saturated heterocycles. The van der Waals surface area contributed by atoms with Gasteiger partial charge in [-0.2, -0.15) is 0 Å². The van der Waals surface area contributed by atoms with Gasteiger partial charge in [0.25, 0.3) is 0 Å². The van der Waals surface area contributed by atoms with Crippen molar-refractivity contribution in [3.8, 4) is 0 Å². The van der Waals surface area contributed by atoms with E-state index in [0.29, 0.717) is 24.9 Å². The first-order chi connectivity index (χ1) is 7.84. The van der Waals surface area contributed by atoms with Gasteiger partial charge in [-0.25, -0.2) is 12.7 Å². The fourth-order valence-electron chi connectivity index (χ4n) is 2.63. The minimum absolute atomic E-state index is 0.175. The molecule has 0 N–H and O–H groups in total. The van der Waals surface area contributed by atoms with Crippen molar-refractivity contribution in [1.29, 1.82) is 0 Å². The molecule has 3 nitrogen and oxygen atoms in total. The van der Waals surface area contributed by atoms with E-state index < -0.39 is 10.0 Å². The molecule has 3 atom stereocenters. The Hall–Kier alpha value is 0.200. The molecule has 0 aromatic heterocycles. The van der Waals surface area contributed by atoms with Gasteiger partial charge in [-0.05, 0) is 38.0 Å². The van der Waals surface area contributed by atoms with Gasteiger partial charge in [0.2, 0.25) is 10.0 Å². The maximum Gasteiger partial charge on any atom is 0.211 e. The summed E-state index contributed by atoms with van der Waals surface area (Å²) in [7, 11) is -3.02. The van der Waals surface area contributed by atoms with E-state index >= 15 is 0 Å². The summed E-state index contributed by atoms with van der Waals surface area (Å²) in [5.41, 5.74) is 0. The number of hydrogen-bond acceptors (Lipinski definition) is 2. The molecule has 0 saturated carbocycles. The monoisotopic (exact) mass is 281 g/mol. The van der Waals surface area contributed by atoms with Crippen molar-refractivity contribution in [1.82, 2.24) is 4.31 Å². The van der Waals surface area contributed by atoms with Crippen LogP contribution in [0.4, 0.5) is 0 Å². The second-order valence-electron chi connectivity index (χ2n) is 5.21. The lowest BCUT2D eigenvalue weighted by Crippen LogP contribution is -2.40. The standard InChI is InChI=1S/C12H24ClNO2S/c1-4-12(10(2)13)8-11-6-5-7-14(9-11)17(3,15)16/h10-12H,4-9H2,1-3H3. The van der Waals surface area contributed by atoms with Crippen LogP contribution >= 0.6 is 11.6 Å². The Morgan fingerprint density at radius 1 is 1.47 bits per heavy atom. The largest absolute Gasteiger partial charge is 0.213 e. The van der Waals surface area contributed by atoms with Crippen LogP contribution in [0.5, 0.6) is 0 Å². The maximum absolute atomic E-state index is 11.5. The summed E-state index contributed by atoms with van der Waals surface area (Å²) < 4.78 is 24.7. The summed E-state index contributed by atoms with van der Waals surface area (Å²) in [6, 6.07) is 0. The molecule has 1 rings (SSSR count). The molecule has 0 bridgehead atoms. The van der Waals surface area contributed by atoms with Gasteiger partial charge in [0.15, 0.2) is 0 Å². The van der Waals surface area contributed by atoms with Crippen molar-refractivity contribution in [2.75, 3.05) is 19.3 Å². The lowest BCUT2D eigenvalue weighted by molar-refractivity contribution is 0.227. The molecule has 1 aliphatic heterocycles. The normalized spacial score (nSPS) is 26.7. The number of alkyl halides is 1. The van der Waals surface area contributed by atoms with Gasteiger partial charge in [-0.3, -0.25) is 0 Å². The molecule has 0 aliphatic carbocycles. The van der Waals surface area contributed by atoms with Crippen molar-refractivity contribution < 1.29 is 8.42 Å². The summed E-state index contributed by atoms with van der Waals surface area (Å²) in [4.78, 5) is 0. The smallest absolute Gasteiger partial charge is 0.211 e. The molecule has 0 radical (unpaired) electrons. The number of halogens is 1. The molecular formula is C12H24ClNO2S. The molecule has 0 aromatic rings. The lowest BCUT2D eigenvalue weighted by atomic mass is 9.86. The second-order valence-corrected chi connectivity index (χ2v) is 7.88. The topological polar surface area (TPSA) is 37.4 Å². The quantitative estimate of drug-likeness (QED) is 0.727. The van der Waals surface area contributed by atoms with Gasteiger partial charge in [0, 0.05) is 18.5 Å². The van der Waals surface area contributed by atoms with Crippen LogP contribution in [0.15, 0.2) is 0 Å². The van der Waals surface area contributed by atoms with Crippen LogP contribution in [0.2, 0.25) is 0 Å². The summed E-state index contributed by atoms with van der Waals surface area (Å²) in [5, 5.41) is 0.175. The van der Waals surface area contributed by atoms with E-state index in [1.165, 1.54) is 6.26 Å². The predicted octanol–water partition coefficient (Wildman–Crippen LogP) is 2.70. The van der Waals surface area contributed by atoms with Crippen LogP contribution in [-0.2, 0) is 10.0 Å². The van der Waals surface area contributed by atoms with E-state index in [4.69, 9.17) is 11.6 Å². The van der Waals surface area contributed by atoms with Crippen molar-refractivity contribution in [2.24, 2.45) is 11.8 Å². The third-order valence-corrected chi connectivity index (χ3v) is 5.39. The Morgan fingerprint density at radius 3 is 2.59 bits per heavy atom. The Kier molecular flexibility index (Phi) is 5.74. The average molecular weight is 282 g/mol. The van der Waals surface area contributed by atoms with Crippen LogP contribution in [0.25, 0.3) is 0 Å². The molecule has 5 heteroatoms. The molecule has 0 spiro atoms. The Balaban J connectivity index is 2.55. The number of hydrogen-bond donors (Lipinski definition) is 0.